The number of unbranched alkanes of at least 4 members (excludes halogenated alkanes) is 3. The van der Waals surface area contributed by atoms with Gasteiger partial charge in [-0.15, -0.1) is 0 Å². The third kappa shape index (κ3) is 3.74. The largest absolute Gasteiger partial charge is 0.504 e. The Labute approximate surface area is 90.6 Å². The van der Waals surface area contributed by atoms with Gasteiger partial charge in [-0.25, -0.2) is 0 Å². The summed E-state index contributed by atoms with van der Waals surface area (Å²) in [4.78, 5) is 11.3. The summed E-state index contributed by atoms with van der Waals surface area (Å²) in [6.45, 7) is 2.16. The molecule has 0 atom stereocenters. The third-order valence-corrected chi connectivity index (χ3v) is 2.49. The van der Waals surface area contributed by atoms with Crippen LogP contribution in [0, 0.1) is 0 Å². The van der Waals surface area contributed by atoms with Crippen molar-refractivity contribution in [3.63, 3.8) is 0 Å². The molecule has 0 radical (unpaired) electrons. The summed E-state index contributed by atoms with van der Waals surface area (Å²) < 4.78 is 0. The second-order valence-corrected chi connectivity index (χ2v) is 3.77. The van der Waals surface area contributed by atoms with Crippen molar-refractivity contribution >= 4 is 0 Å². The van der Waals surface area contributed by atoms with Gasteiger partial charge in [0.2, 0.25) is 5.43 Å². The van der Waals surface area contributed by atoms with Gasteiger partial charge in [-0.1, -0.05) is 44.4 Å². The number of aryl methyl sites for hydroxylation is 1. The molecule has 0 unspecified atom stereocenters. The highest BCUT2D eigenvalue weighted by atomic mass is 16.3. The summed E-state index contributed by atoms with van der Waals surface area (Å²) in [5.41, 5.74) is 0.478. The molecule has 0 aliphatic carbocycles. The van der Waals surface area contributed by atoms with Gasteiger partial charge >= 0.3 is 0 Å². The Morgan fingerprint density at radius 3 is 2.60 bits per heavy atom. The normalized spacial score (nSPS) is 10.2. The fourth-order valence-electron chi connectivity index (χ4n) is 1.57. The SMILES string of the molecule is CCCCCCc1ccccc(=O)c1O. The molecule has 1 aromatic carbocycles. The molecule has 0 saturated heterocycles. The lowest BCUT2D eigenvalue weighted by atomic mass is 10.1. The Morgan fingerprint density at radius 2 is 1.87 bits per heavy atom. The van der Waals surface area contributed by atoms with E-state index in [4.69, 9.17) is 0 Å². The van der Waals surface area contributed by atoms with Crippen LogP contribution in [0.5, 0.6) is 5.75 Å². The van der Waals surface area contributed by atoms with E-state index in [9.17, 15) is 9.90 Å². The average molecular weight is 206 g/mol. The molecule has 1 rings (SSSR count). The summed E-state index contributed by atoms with van der Waals surface area (Å²) in [6, 6.07) is 6.68. The average Bonchev–Trinajstić information content (AvgIpc) is 2.39. The molecule has 0 saturated carbocycles. The van der Waals surface area contributed by atoms with Crippen LogP contribution in [0.1, 0.15) is 38.2 Å². The Kier molecular flexibility index (Phi) is 4.88. The molecule has 0 aliphatic heterocycles. The second-order valence-electron chi connectivity index (χ2n) is 3.77. The second kappa shape index (κ2) is 6.23. The zero-order valence-corrected chi connectivity index (χ0v) is 9.20. The van der Waals surface area contributed by atoms with Crippen molar-refractivity contribution in [3.05, 3.63) is 40.1 Å². The van der Waals surface area contributed by atoms with E-state index in [0.29, 0.717) is 0 Å². The summed E-state index contributed by atoms with van der Waals surface area (Å²) in [7, 11) is 0. The lowest BCUT2D eigenvalue weighted by molar-refractivity contribution is 0.462. The van der Waals surface area contributed by atoms with Gasteiger partial charge in [-0.3, -0.25) is 4.79 Å². The predicted molar refractivity (Wildman–Crippen MR) is 62.2 cm³/mol. The minimum atomic E-state index is -0.287. The molecule has 0 fully saturated rings. The van der Waals surface area contributed by atoms with Crippen molar-refractivity contribution in [1.82, 2.24) is 0 Å². The van der Waals surface area contributed by atoms with Gasteiger partial charge in [-0.2, -0.15) is 0 Å². The first-order valence-electron chi connectivity index (χ1n) is 5.57. The van der Waals surface area contributed by atoms with Crippen LogP contribution in [0.3, 0.4) is 0 Å². The van der Waals surface area contributed by atoms with Crippen LogP contribution in [0.15, 0.2) is 29.1 Å². The maximum atomic E-state index is 11.3. The molecule has 0 spiro atoms. The van der Waals surface area contributed by atoms with Crippen molar-refractivity contribution in [3.8, 4) is 5.75 Å². The number of hydrogen-bond acceptors (Lipinski definition) is 2. The standard InChI is InChI=1S/C13H18O2/c1-2-3-4-5-8-11-9-6-7-10-12(14)13(11)15/h6-7,9-10H,2-5,8H2,1H3,(H,14,15). The Morgan fingerprint density at radius 1 is 1.13 bits per heavy atom. The van der Waals surface area contributed by atoms with Crippen molar-refractivity contribution < 1.29 is 5.11 Å². The Hall–Kier alpha value is -1.31. The quantitative estimate of drug-likeness (QED) is 0.752. The molecule has 15 heavy (non-hydrogen) atoms. The van der Waals surface area contributed by atoms with E-state index in [0.717, 1.165) is 24.8 Å². The van der Waals surface area contributed by atoms with Crippen LogP contribution in [0.25, 0.3) is 0 Å². The van der Waals surface area contributed by atoms with E-state index in [2.05, 4.69) is 6.92 Å². The smallest absolute Gasteiger partial charge is 0.220 e. The molecule has 1 aromatic rings. The van der Waals surface area contributed by atoms with Crippen molar-refractivity contribution in [2.24, 2.45) is 0 Å². The molecule has 82 valence electrons. The third-order valence-electron chi connectivity index (χ3n) is 2.49. The van der Waals surface area contributed by atoms with Crippen LogP contribution in [-0.2, 0) is 6.42 Å². The van der Waals surface area contributed by atoms with Crippen LogP contribution in [-0.4, -0.2) is 5.11 Å². The maximum absolute atomic E-state index is 11.3. The fourth-order valence-corrected chi connectivity index (χ4v) is 1.57. The molecule has 1 N–H and O–H groups in total. The van der Waals surface area contributed by atoms with Gasteiger partial charge < -0.3 is 5.11 Å². The van der Waals surface area contributed by atoms with E-state index in [1.165, 1.54) is 18.9 Å². The molecule has 0 amide bonds. The molecular weight excluding hydrogens is 188 g/mol. The van der Waals surface area contributed by atoms with Gasteiger partial charge in [0.05, 0.1) is 0 Å². The highest BCUT2D eigenvalue weighted by Gasteiger charge is 2.01. The topological polar surface area (TPSA) is 37.3 Å². The molecule has 0 heterocycles. The number of aromatic hydroxyl groups is 1. The molecule has 2 nitrogen and oxygen atoms in total. The fraction of sp³-hybridized carbons (Fsp3) is 0.462. The molecule has 0 aliphatic rings. The zero-order chi connectivity index (χ0) is 11.1. The van der Waals surface area contributed by atoms with Gasteiger partial charge in [0.1, 0.15) is 0 Å². The molecule has 0 bridgehead atoms. The van der Waals surface area contributed by atoms with E-state index in [1.54, 1.807) is 12.1 Å². The minimum Gasteiger partial charge on any atom is -0.504 e. The van der Waals surface area contributed by atoms with Crippen LogP contribution in [0.2, 0.25) is 0 Å². The Balaban J connectivity index is 2.66. The number of hydrogen-bond donors (Lipinski definition) is 1. The van der Waals surface area contributed by atoms with E-state index < -0.39 is 0 Å². The summed E-state index contributed by atoms with van der Waals surface area (Å²) in [6.07, 6.45) is 5.38. The minimum absolute atomic E-state index is 0.0866. The lowest BCUT2D eigenvalue weighted by Gasteiger charge is -2.00. The number of rotatable bonds is 5. The van der Waals surface area contributed by atoms with Gasteiger partial charge in [0.15, 0.2) is 5.75 Å². The lowest BCUT2D eigenvalue weighted by Crippen LogP contribution is -1.97. The predicted octanol–water partition coefficient (Wildman–Crippen LogP) is 2.88. The zero-order valence-electron chi connectivity index (χ0n) is 9.20. The van der Waals surface area contributed by atoms with E-state index in [1.807, 2.05) is 6.07 Å². The summed E-state index contributed by atoms with van der Waals surface area (Å²) in [5, 5.41) is 9.60. The molecule has 2 heteroatoms. The van der Waals surface area contributed by atoms with Crippen molar-refractivity contribution in [1.29, 1.82) is 0 Å². The van der Waals surface area contributed by atoms with Crippen molar-refractivity contribution in [2.45, 2.75) is 39.0 Å². The van der Waals surface area contributed by atoms with E-state index in [-0.39, 0.29) is 11.2 Å². The summed E-state index contributed by atoms with van der Waals surface area (Å²) in [5.74, 6) is -0.0866. The first kappa shape index (κ1) is 11.8. The molecular formula is C13H18O2. The summed E-state index contributed by atoms with van der Waals surface area (Å²) >= 11 is 0. The maximum Gasteiger partial charge on any atom is 0.220 e. The monoisotopic (exact) mass is 206 g/mol. The highest BCUT2D eigenvalue weighted by molar-refractivity contribution is 5.30. The van der Waals surface area contributed by atoms with Gasteiger partial charge in [0.25, 0.3) is 0 Å². The van der Waals surface area contributed by atoms with Gasteiger partial charge in [-0.05, 0) is 24.5 Å². The van der Waals surface area contributed by atoms with Crippen molar-refractivity contribution in [2.75, 3.05) is 0 Å². The first-order chi connectivity index (χ1) is 7.25. The molecule has 0 aromatic heterocycles. The van der Waals surface area contributed by atoms with Crippen LogP contribution in [0.4, 0.5) is 0 Å². The Bertz CT molecular complexity index is 358. The van der Waals surface area contributed by atoms with Crippen LogP contribution >= 0.6 is 0 Å². The first-order valence-corrected chi connectivity index (χ1v) is 5.57. The highest BCUT2D eigenvalue weighted by Crippen LogP contribution is 2.13. The van der Waals surface area contributed by atoms with Crippen LogP contribution < -0.4 is 5.43 Å². The van der Waals surface area contributed by atoms with Gasteiger partial charge in [0, 0.05) is 0 Å². The van der Waals surface area contributed by atoms with E-state index >= 15 is 0 Å².